The van der Waals surface area contributed by atoms with E-state index in [4.69, 9.17) is 4.74 Å². The van der Waals surface area contributed by atoms with Gasteiger partial charge in [0.05, 0.1) is 13.7 Å². The van der Waals surface area contributed by atoms with Gasteiger partial charge in [0.25, 0.3) is 0 Å². The number of rotatable bonds is 5. The molecule has 1 fully saturated rings. The van der Waals surface area contributed by atoms with Crippen molar-refractivity contribution in [1.29, 1.82) is 0 Å². The summed E-state index contributed by atoms with van der Waals surface area (Å²) in [5.41, 5.74) is 1.09. The number of nitrogens with one attached hydrogen (secondary N) is 1. The first-order chi connectivity index (χ1) is 9.69. The summed E-state index contributed by atoms with van der Waals surface area (Å²) < 4.78 is 5.11. The molecule has 4 heteroatoms. The Morgan fingerprint density at radius 2 is 2.10 bits per heavy atom. The summed E-state index contributed by atoms with van der Waals surface area (Å²) in [5.74, 6) is 0.941. The van der Waals surface area contributed by atoms with Crippen LogP contribution in [0.2, 0.25) is 0 Å². The first-order valence-corrected chi connectivity index (χ1v) is 7.32. The number of piperidine rings is 1. The highest BCUT2D eigenvalue weighted by molar-refractivity contribution is 5.78. The molecule has 1 aliphatic heterocycles. The summed E-state index contributed by atoms with van der Waals surface area (Å²) in [6, 6.07) is 8.30. The molecule has 110 valence electrons. The third kappa shape index (κ3) is 4.23. The quantitative estimate of drug-likeness (QED) is 0.896. The lowest BCUT2D eigenvalue weighted by Gasteiger charge is -2.32. The zero-order valence-corrected chi connectivity index (χ0v) is 12.4. The molecule has 0 bridgehead atoms. The number of hydrogen-bond donors (Lipinski definition) is 1. The minimum absolute atomic E-state index is 0.106. The minimum Gasteiger partial charge on any atom is -0.497 e. The number of ether oxygens (including phenoxy) is 1. The van der Waals surface area contributed by atoms with E-state index in [1.165, 1.54) is 19.3 Å². The maximum absolute atomic E-state index is 12.0. The predicted octanol–water partition coefficient (Wildman–Crippen LogP) is 2.19. The summed E-state index contributed by atoms with van der Waals surface area (Å²) in [6.07, 6.45) is 3.69. The first-order valence-electron chi connectivity index (χ1n) is 7.32. The van der Waals surface area contributed by atoms with Crippen molar-refractivity contribution in [3.8, 4) is 5.75 Å². The van der Waals surface area contributed by atoms with Crippen LogP contribution >= 0.6 is 0 Å². The standard InChI is InChI=1S/C16H24N2O2/c1-13-5-3-4-10-18(13)12-16(19)17-11-14-6-8-15(20-2)9-7-14/h6-9,13H,3-5,10-12H2,1-2H3,(H,17,19). The van der Waals surface area contributed by atoms with E-state index in [1.54, 1.807) is 7.11 Å². The zero-order chi connectivity index (χ0) is 14.4. The van der Waals surface area contributed by atoms with Gasteiger partial charge in [-0.15, -0.1) is 0 Å². The molecule has 0 aliphatic carbocycles. The molecule has 2 rings (SSSR count). The SMILES string of the molecule is COc1ccc(CNC(=O)CN2CCCCC2C)cc1. The van der Waals surface area contributed by atoms with Crippen LogP contribution in [0.3, 0.4) is 0 Å². The van der Waals surface area contributed by atoms with Gasteiger partial charge in [-0.25, -0.2) is 0 Å². The third-order valence-electron chi connectivity index (χ3n) is 3.94. The third-order valence-corrected chi connectivity index (χ3v) is 3.94. The van der Waals surface area contributed by atoms with Crippen molar-refractivity contribution in [3.63, 3.8) is 0 Å². The largest absolute Gasteiger partial charge is 0.497 e. The Labute approximate surface area is 121 Å². The molecule has 4 nitrogen and oxygen atoms in total. The van der Waals surface area contributed by atoms with E-state index in [-0.39, 0.29) is 5.91 Å². The van der Waals surface area contributed by atoms with Crippen molar-refractivity contribution in [3.05, 3.63) is 29.8 Å². The van der Waals surface area contributed by atoms with Crippen LogP contribution in [0, 0.1) is 0 Å². The zero-order valence-electron chi connectivity index (χ0n) is 12.4. The van der Waals surface area contributed by atoms with E-state index in [0.29, 0.717) is 19.1 Å². The molecule has 0 saturated carbocycles. The van der Waals surface area contributed by atoms with Gasteiger partial charge in [-0.1, -0.05) is 18.6 Å². The highest BCUT2D eigenvalue weighted by Gasteiger charge is 2.20. The lowest BCUT2D eigenvalue weighted by atomic mass is 10.0. The van der Waals surface area contributed by atoms with Crippen LogP contribution in [0.4, 0.5) is 0 Å². The molecule has 1 saturated heterocycles. The normalized spacial score (nSPS) is 19.6. The van der Waals surface area contributed by atoms with Crippen LogP contribution < -0.4 is 10.1 Å². The predicted molar refractivity (Wildman–Crippen MR) is 79.7 cm³/mol. The van der Waals surface area contributed by atoms with Gasteiger partial charge in [0.1, 0.15) is 5.75 Å². The Morgan fingerprint density at radius 1 is 1.35 bits per heavy atom. The van der Waals surface area contributed by atoms with E-state index in [2.05, 4.69) is 17.1 Å². The van der Waals surface area contributed by atoms with Gasteiger partial charge in [-0.3, -0.25) is 9.69 Å². The molecule has 1 aromatic rings. The fraction of sp³-hybridized carbons (Fsp3) is 0.562. The topological polar surface area (TPSA) is 41.6 Å². The molecule has 1 heterocycles. The number of nitrogens with zero attached hydrogens (tertiary/aromatic N) is 1. The molecule has 1 aliphatic rings. The fourth-order valence-corrected chi connectivity index (χ4v) is 2.58. The molecule has 1 N–H and O–H groups in total. The number of likely N-dealkylation sites (tertiary alicyclic amines) is 1. The van der Waals surface area contributed by atoms with E-state index in [1.807, 2.05) is 24.3 Å². The second-order valence-corrected chi connectivity index (χ2v) is 5.44. The van der Waals surface area contributed by atoms with Crippen LogP contribution in [0.1, 0.15) is 31.7 Å². The molecular weight excluding hydrogens is 252 g/mol. The van der Waals surface area contributed by atoms with Crippen molar-refractivity contribution in [2.45, 2.75) is 38.8 Å². The molecule has 0 spiro atoms. The van der Waals surface area contributed by atoms with Gasteiger partial charge < -0.3 is 10.1 Å². The lowest BCUT2D eigenvalue weighted by Crippen LogP contribution is -2.44. The van der Waals surface area contributed by atoms with Crippen molar-refractivity contribution >= 4 is 5.91 Å². The van der Waals surface area contributed by atoms with Gasteiger partial charge in [0.2, 0.25) is 5.91 Å². The minimum atomic E-state index is 0.106. The van der Waals surface area contributed by atoms with Crippen molar-refractivity contribution in [1.82, 2.24) is 10.2 Å². The first kappa shape index (κ1) is 14.9. The maximum atomic E-state index is 12.0. The number of methoxy groups -OCH3 is 1. The van der Waals surface area contributed by atoms with E-state index in [0.717, 1.165) is 17.9 Å². The summed E-state index contributed by atoms with van der Waals surface area (Å²) in [6.45, 7) is 4.33. The highest BCUT2D eigenvalue weighted by Crippen LogP contribution is 2.15. The van der Waals surface area contributed by atoms with Crippen LogP contribution in [0.25, 0.3) is 0 Å². The summed E-state index contributed by atoms with van der Waals surface area (Å²) in [4.78, 5) is 14.2. The van der Waals surface area contributed by atoms with E-state index < -0.39 is 0 Å². The van der Waals surface area contributed by atoms with Crippen molar-refractivity contribution in [2.24, 2.45) is 0 Å². The van der Waals surface area contributed by atoms with Crippen LogP contribution in [-0.4, -0.2) is 37.0 Å². The molecule has 1 amide bonds. The lowest BCUT2D eigenvalue weighted by molar-refractivity contribution is -0.123. The fourth-order valence-electron chi connectivity index (χ4n) is 2.58. The average molecular weight is 276 g/mol. The highest BCUT2D eigenvalue weighted by atomic mass is 16.5. The molecule has 0 radical (unpaired) electrons. The Kier molecular flexibility index (Phi) is 5.41. The van der Waals surface area contributed by atoms with Gasteiger partial charge in [0, 0.05) is 12.6 Å². The van der Waals surface area contributed by atoms with E-state index in [9.17, 15) is 4.79 Å². The van der Waals surface area contributed by atoms with E-state index >= 15 is 0 Å². The Hall–Kier alpha value is -1.55. The van der Waals surface area contributed by atoms with Crippen molar-refractivity contribution in [2.75, 3.05) is 20.2 Å². The van der Waals surface area contributed by atoms with Gasteiger partial charge >= 0.3 is 0 Å². The number of benzene rings is 1. The monoisotopic (exact) mass is 276 g/mol. The van der Waals surface area contributed by atoms with Gasteiger partial charge in [-0.2, -0.15) is 0 Å². The Balaban J connectivity index is 1.76. The molecular formula is C16H24N2O2. The maximum Gasteiger partial charge on any atom is 0.234 e. The van der Waals surface area contributed by atoms with Crippen LogP contribution in [-0.2, 0) is 11.3 Å². The van der Waals surface area contributed by atoms with Crippen molar-refractivity contribution < 1.29 is 9.53 Å². The molecule has 1 atom stereocenters. The van der Waals surface area contributed by atoms with Gasteiger partial charge in [-0.05, 0) is 44.0 Å². The second kappa shape index (κ2) is 7.29. The summed E-state index contributed by atoms with van der Waals surface area (Å²) in [7, 11) is 1.65. The molecule has 1 aromatic carbocycles. The number of carbonyl (C=O) groups excluding carboxylic acids is 1. The van der Waals surface area contributed by atoms with Crippen LogP contribution in [0.5, 0.6) is 5.75 Å². The number of hydrogen-bond acceptors (Lipinski definition) is 3. The number of carbonyl (C=O) groups is 1. The smallest absolute Gasteiger partial charge is 0.234 e. The molecule has 0 aromatic heterocycles. The van der Waals surface area contributed by atoms with Crippen LogP contribution in [0.15, 0.2) is 24.3 Å². The second-order valence-electron chi connectivity index (χ2n) is 5.44. The summed E-state index contributed by atoms with van der Waals surface area (Å²) >= 11 is 0. The Morgan fingerprint density at radius 3 is 2.75 bits per heavy atom. The Bertz CT molecular complexity index is 431. The molecule has 1 unspecified atom stereocenters. The number of amides is 1. The summed E-state index contributed by atoms with van der Waals surface area (Å²) in [5, 5.41) is 2.98. The average Bonchev–Trinajstić information content (AvgIpc) is 2.48. The van der Waals surface area contributed by atoms with Gasteiger partial charge in [0.15, 0.2) is 0 Å². The molecule has 20 heavy (non-hydrogen) atoms.